The number of amides is 1. The van der Waals surface area contributed by atoms with Crippen molar-refractivity contribution >= 4 is 34.3 Å². The maximum atomic E-state index is 12.1. The summed E-state index contributed by atoms with van der Waals surface area (Å²) >= 11 is 1.22. The number of nitrogens with zero attached hydrogens (tertiary/aromatic N) is 1. The summed E-state index contributed by atoms with van der Waals surface area (Å²) in [5.74, 6) is -0.0124. The van der Waals surface area contributed by atoms with Crippen LogP contribution in [0, 0.1) is 11.3 Å². The van der Waals surface area contributed by atoms with Gasteiger partial charge >= 0.3 is 5.97 Å². The zero-order valence-electron chi connectivity index (χ0n) is 15.7. The van der Waals surface area contributed by atoms with Gasteiger partial charge in [0.05, 0.1) is 19.3 Å². The molecule has 8 heteroatoms. The van der Waals surface area contributed by atoms with Crippen LogP contribution in [0.15, 0.2) is 35.7 Å². The molecule has 2 aromatic rings. The second-order valence-electron chi connectivity index (χ2n) is 5.52. The Hall–Kier alpha value is -3.31. The fraction of sp³-hybridized carbons (Fsp3) is 0.250. The van der Waals surface area contributed by atoms with Gasteiger partial charge in [-0.1, -0.05) is 6.07 Å². The number of carbonyl (C=O) groups is 2. The smallest absolute Gasteiger partial charge is 0.331 e. The van der Waals surface area contributed by atoms with E-state index in [2.05, 4.69) is 5.32 Å². The maximum Gasteiger partial charge on any atom is 0.331 e. The van der Waals surface area contributed by atoms with Crippen LogP contribution in [0.2, 0.25) is 0 Å². The van der Waals surface area contributed by atoms with Crippen molar-refractivity contribution in [1.82, 2.24) is 0 Å². The Morgan fingerprint density at radius 1 is 1.32 bits per heavy atom. The molecule has 0 aliphatic carbocycles. The number of thiophene rings is 1. The zero-order chi connectivity index (χ0) is 20.5. The van der Waals surface area contributed by atoms with Crippen molar-refractivity contribution in [3.63, 3.8) is 0 Å². The van der Waals surface area contributed by atoms with Crippen molar-refractivity contribution in [3.8, 4) is 17.6 Å². The first-order valence-corrected chi connectivity index (χ1v) is 9.34. The number of hydrogen-bond donors (Lipinski definition) is 1. The Kier molecular flexibility index (Phi) is 7.60. The first kappa shape index (κ1) is 21.0. The van der Waals surface area contributed by atoms with Gasteiger partial charge in [-0.05, 0) is 49.1 Å². The summed E-state index contributed by atoms with van der Waals surface area (Å²) in [7, 11) is 1.55. The van der Waals surface area contributed by atoms with Gasteiger partial charge in [0.25, 0.3) is 5.91 Å². The van der Waals surface area contributed by atoms with E-state index in [4.69, 9.17) is 19.5 Å². The van der Waals surface area contributed by atoms with Crippen LogP contribution in [0.25, 0.3) is 6.08 Å². The van der Waals surface area contributed by atoms with E-state index >= 15 is 0 Å². The molecule has 0 radical (unpaired) electrons. The molecule has 0 saturated heterocycles. The van der Waals surface area contributed by atoms with Gasteiger partial charge < -0.3 is 19.5 Å². The van der Waals surface area contributed by atoms with E-state index in [-0.39, 0.29) is 0 Å². The number of hydrogen-bond acceptors (Lipinski definition) is 7. The van der Waals surface area contributed by atoms with Crippen LogP contribution in [-0.4, -0.2) is 31.7 Å². The van der Waals surface area contributed by atoms with Gasteiger partial charge in [-0.2, -0.15) is 5.26 Å². The van der Waals surface area contributed by atoms with Crippen LogP contribution in [0.5, 0.6) is 11.5 Å². The van der Waals surface area contributed by atoms with E-state index in [0.29, 0.717) is 28.7 Å². The van der Waals surface area contributed by atoms with Crippen LogP contribution < -0.4 is 14.8 Å². The molecule has 7 nitrogen and oxygen atoms in total. The van der Waals surface area contributed by atoms with Crippen LogP contribution in [0.1, 0.15) is 25.0 Å². The Morgan fingerprint density at radius 2 is 2.11 bits per heavy atom. The molecule has 0 unspecified atom stereocenters. The van der Waals surface area contributed by atoms with Gasteiger partial charge in [0.15, 0.2) is 17.6 Å². The molecule has 1 amide bonds. The Morgan fingerprint density at radius 3 is 2.79 bits per heavy atom. The van der Waals surface area contributed by atoms with E-state index in [1.165, 1.54) is 24.3 Å². The first-order valence-electron chi connectivity index (χ1n) is 8.46. The molecule has 146 valence electrons. The summed E-state index contributed by atoms with van der Waals surface area (Å²) in [5.41, 5.74) is 1.08. The summed E-state index contributed by atoms with van der Waals surface area (Å²) in [5, 5.41) is 13.7. The highest BCUT2D eigenvalue weighted by Gasteiger charge is 2.18. The summed E-state index contributed by atoms with van der Waals surface area (Å²) in [6.07, 6.45) is 1.77. The topological polar surface area (TPSA) is 97.6 Å². The first-order chi connectivity index (χ1) is 13.5. The highest BCUT2D eigenvalue weighted by molar-refractivity contribution is 7.14. The van der Waals surface area contributed by atoms with Gasteiger partial charge in [-0.3, -0.25) is 4.79 Å². The lowest BCUT2D eigenvalue weighted by atomic mass is 10.2. The molecule has 28 heavy (non-hydrogen) atoms. The number of methoxy groups -OCH3 is 1. The van der Waals surface area contributed by atoms with Crippen molar-refractivity contribution in [2.45, 2.75) is 20.0 Å². The zero-order valence-corrected chi connectivity index (χ0v) is 16.5. The minimum atomic E-state index is -1.01. The molecule has 0 aliphatic heterocycles. The lowest BCUT2D eigenvalue weighted by Crippen LogP contribution is -2.29. The number of ether oxygens (including phenoxy) is 3. The molecule has 0 fully saturated rings. The van der Waals surface area contributed by atoms with Crippen molar-refractivity contribution in [3.05, 3.63) is 46.8 Å². The molecule has 1 N–H and O–H groups in total. The van der Waals surface area contributed by atoms with Gasteiger partial charge in [0.1, 0.15) is 11.1 Å². The Balaban J connectivity index is 1.96. The number of benzene rings is 1. The second-order valence-corrected chi connectivity index (χ2v) is 6.44. The minimum absolute atomic E-state index is 0.362. The average molecular weight is 400 g/mol. The van der Waals surface area contributed by atoms with Gasteiger partial charge in [-0.15, -0.1) is 11.3 Å². The van der Waals surface area contributed by atoms with E-state index in [1.807, 2.05) is 13.0 Å². The molecule has 1 aromatic heterocycles. The number of carbonyl (C=O) groups excluding carboxylic acids is 2. The number of anilines is 1. The fourth-order valence-corrected chi connectivity index (χ4v) is 2.94. The van der Waals surface area contributed by atoms with Crippen molar-refractivity contribution < 1.29 is 23.8 Å². The maximum absolute atomic E-state index is 12.1. The number of nitriles is 1. The quantitative estimate of drug-likeness (QED) is 0.537. The fourth-order valence-electron chi connectivity index (χ4n) is 2.20. The Bertz CT molecular complexity index is 914. The highest BCUT2D eigenvalue weighted by atomic mass is 32.1. The molecule has 2 rings (SSSR count). The standard InChI is InChI=1S/C20H20N2O5S/c1-4-26-17-11-14(5-7-16(17)25-3)6-8-18(23)27-13(2)19(24)22-20-15(12-21)9-10-28-20/h5-11,13H,4H2,1-3H3,(H,22,24)/b8-6+/t13-/m1/s1. The van der Waals surface area contributed by atoms with Gasteiger partial charge in [0, 0.05) is 6.08 Å². The van der Waals surface area contributed by atoms with Crippen LogP contribution >= 0.6 is 11.3 Å². The van der Waals surface area contributed by atoms with Gasteiger partial charge in [0.2, 0.25) is 0 Å². The molecule has 0 bridgehead atoms. The SMILES string of the molecule is CCOc1cc(/C=C/C(=O)O[C@H](C)C(=O)Nc2sccc2C#N)ccc1OC. The molecule has 1 heterocycles. The molecular weight excluding hydrogens is 380 g/mol. The monoisotopic (exact) mass is 400 g/mol. The summed E-state index contributed by atoms with van der Waals surface area (Å²) in [6.45, 7) is 3.80. The second kappa shape index (κ2) is 10.1. The average Bonchev–Trinajstić information content (AvgIpc) is 3.13. The predicted molar refractivity (Wildman–Crippen MR) is 106 cm³/mol. The molecule has 1 aromatic carbocycles. The van der Waals surface area contributed by atoms with Crippen LogP contribution in [0.4, 0.5) is 5.00 Å². The van der Waals surface area contributed by atoms with E-state index < -0.39 is 18.0 Å². The lowest BCUT2D eigenvalue weighted by molar-refractivity contribution is -0.148. The van der Waals surface area contributed by atoms with Crippen molar-refractivity contribution in [2.75, 3.05) is 19.0 Å². The molecular formula is C20H20N2O5S. The third-order valence-electron chi connectivity index (χ3n) is 3.58. The van der Waals surface area contributed by atoms with Crippen LogP contribution in [-0.2, 0) is 14.3 Å². The van der Waals surface area contributed by atoms with E-state index in [0.717, 1.165) is 5.56 Å². The van der Waals surface area contributed by atoms with Crippen molar-refractivity contribution in [2.24, 2.45) is 0 Å². The van der Waals surface area contributed by atoms with Gasteiger partial charge in [-0.25, -0.2) is 4.79 Å². The highest BCUT2D eigenvalue weighted by Crippen LogP contribution is 2.28. The predicted octanol–water partition coefficient (Wildman–Crippen LogP) is 3.61. The Labute approximate surface area is 167 Å². The molecule has 0 spiro atoms. The molecule has 0 saturated carbocycles. The van der Waals surface area contributed by atoms with Crippen LogP contribution in [0.3, 0.4) is 0 Å². The summed E-state index contributed by atoms with van der Waals surface area (Å²) in [6, 6.07) is 8.82. The van der Waals surface area contributed by atoms with E-state index in [1.54, 1.807) is 42.8 Å². The van der Waals surface area contributed by atoms with Crippen molar-refractivity contribution in [1.29, 1.82) is 5.26 Å². The number of nitrogens with one attached hydrogen (secondary N) is 1. The lowest BCUT2D eigenvalue weighted by Gasteiger charge is -2.11. The summed E-state index contributed by atoms with van der Waals surface area (Å²) < 4.78 is 15.8. The number of rotatable bonds is 8. The normalized spacial score (nSPS) is 11.5. The van der Waals surface area contributed by atoms with E-state index in [9.17, 15) is 9.59 Å². The molecule has 0 aliphatic rings. The minimum Gasteiger partial charge on any atom is -0.493 e. The largest absolute Gasteiger partial charge is 0.493 e. The third-order valence-corrected chi connectivity index (χ3v) is 4.41. The third kappa shape index (κ3) is 5.59. The summed E-state index contributed by atoms with van der Waals surface area (Å²) in [4.78, 5) is 24.1. The number of esters is 1. The molecule has 1 atom stereocenters.